The Hall–Kier alpha value is -2.07. The lowest BCUT2D eigenvalue weighted by Crippen LogP contribution is -3.00. The minimum Gasteiger partial charge on any atom is -1.00 e. The lowest BCUT2D eigenvalue weighted by molar-refractivity contribution is -0.695. The maximum Gasteiger partial charge on any atom is 0.242 e. The Morgan fingerprint density at radius 3 is 2.15 bits per heavy atom. The van der Waals surface area contributed by atoms with E-state index in [1.165, 1.54) is 31.8 Å². The first-order valence-electron chi connectivity index (χ1n) is 10.3. The van der Waals surface area contributed by atoms with E-state index in [1.807, 2.05) is 42.5 Å². The molecule has 7 nitrogen and oxygen atoms in total. The molecule has 0 bridgehead atoms. The molecular formula is C23H26Cl3N5O2S. The first kappa shape index (κ1) is 28.2. The third-order valence-electron chi connectivity index (χ3n) is 4.89. The van der Waals surface area contributed by atoms with E-state index in [0.29, 0.717) is 5.69 Å². The van der Waals surface area contributed by atoms with Crippen LogP contribution in [0, 0.1) is 0 Å². The third-order valence-corrected chi connectivity index (χ3v) is 7.25. The molecule has 0 aliphatic carbocycles. The van der Waals surface area contributed by atoms with Crippen LogP contribution in [0.15, 0.2) is 82.1 Å². The van der Waals surface area contributed by atoms with E-state index in [0.717, 1.165) is 30.4 Å². The summed E-state index contributed by atoms with van der Waals surface area (Å²) in [7, 11) is -0.773. The number of benzene rings is 2. The molecule has 0 spiro atoms. The molecule has 0 unspecified atom stereocenters. The zero-order valence-corrected chi connectivity index (χ0v) is 21.9. The summed E-state index contributed by atoms with van der Waals surface area (Å²) in [6, 6.07) is 16.4. The first-order valence-corrected chi connectivity index (χ1v) is 12.5. The molecule has 0 atom stereocenters. The van der Waals surface area contributed by atoms with Crippen molar-refractivity contribution in [2.24, 2.45) is 10.2 Å². The van der Waals surface area contributed by atoms with Crippen molar-refractivity contribution in [2.75, 3.05) is 27.2 Å². The number of azo groups is 1. The second-order valence-corrected chi connectivity index (χ2v) is 10.5. The Morgan fingerprint density at radius 1 is 0.941 bits per heavy atom. The van der Waals surface area contributed by atoms with Gasteiger partial charge in [0.05, 0.1) is 27.2 Å². The summed E-state index contributed by atoms with van der Waals surface area (Å²) in [6.07, 6.45) is 5.00. The molecule has 11 heteroatoms. The maximum atomic E-state index is 12.3. The molecule has 0 saturated heterocycles. The maximum absolute atomic E-state index is 12.3. The van der Waals surface area contributed by atoms with E-state index >= 15 is 0 Å². The van der Waals surface area contributed by atoms with Gasteiger partial charge in [0.15, 0.2) is 18.9 Å². The predicted molar refractivity (Wildman–Crippen MR) is 131 cm³/mol. The fraction of sp³-hybridized carbons (Fsp3) is 0.261. The topological polar surface area (TPSA) is 78.0 Å². The van der Waals surface area contributed by atoms with Crippen LogP contribution >= 0.6 is 23.2 Å². The summed E-state index contributed by atoms with van der Waals surface area (Å²) in [5.74, 6) is 0. The van der Waals surface area contributed by atoms with Gasteiger partial charge >= 0.3 is 0 Å². The van der Waals surface area contributed by atoms with Gasteiger partial charge in [0.1, 0.15) is 5.69 Å². The van der Waals surface area contributed by atoms with Crippen LogP contribution in [-0.4, -0.2) is 39.9 Å². The third kappa shape index (κ3) is 7.73. The molecule has 0 fully saturated rings. The van der Waals surface area contributed by atoms with Gasteiger partial charge in [-0.05, 0) is 42.8 Å². The molecule has 34 heavy (non-hydrogen) atoms. The van der Waals surface area contributed by atoms with Crippen molar-refractivity contribution in [3.05, 3.63) is 82.6 Å². The smallest absolute Gasteiger partial charge is 0.242 e. The molecule has 0 amide bonds. The van der Waals surface area contributed by atoms with E-state index in [9.17, 15) is 8.42 Å². The van der Waals surface area contributed by atoms with Crippen molar-refractivity contribution >= 4 is 44.6 Å². The number of sulfonamides is 1. The average Bonchev–Trinajstić information content (AvgIpc) is 2.79. The van der Waals surface area contributed by atoms with E-state index in [4.69, 9.17) is 23.2 Å². The SMILES string of the molecule is CN(C)S(=O)(=O)c1cc(Cl)c(N=Nc2ccc(CCNCC[n+]3ccccc3)cc2)c(Cl)c1.[Cl-]. The van der Waals surface area contributed by atoms with Crippen LogP contribution in [0.5, 0.6) is 0 Å². The van der Waals surface area contributed by atoms with Crippen LogP contribution in [0.4, 0.5) is 11.4 Å². The van der Waals surface area contributed by atoms with Crippen LogP contribution in [0.1, 0.15) is 5.56 Å². The Bertz CT molecular complexity index is 1180. The molecular weight excluding hydrogens is 517 g/mol. The van der Waals surface area contributed by atoms with Gasteiger partial charge in [0, 0.05) is 26.2 Å². The summed E-state index contributed by atoms with van der Waals surface area (Å²) in [4.78, 5) is 0.00164. The van der Waals surface area contributed by atoms with Crippen LogP contribution < -0.4 is 22.3 Å². The molecule has 1 N–H and O–H groups in total. The van der Waals surface area contributed by atoms with Gasteiger partial charge in [-0.15, -0.1) is 5.11 Å². The highest BCUT2D eigenvalue weighted by Crippen LogP contribution is 2.37. The Labute approximate surface area is 216 Å². The van der Waals surface area contributed by atoms with E-state index < -0.39 is 10.0 Å². The average molecular weight is 543 g/mol. The normalized spacial score (nSPS) is 11.7. The molecule has 0 radical (unpaired) electrons. The van der Waals surface area contributed by atoms with Crippen LogP contribution in [0.3, 0.4) is 0 Å². The van der Waals surface area contributed by atoms with Gasteiger partial charge in [0.25, 0.3) is 0 Å². The summed E-state index contributed by atoms with van der Waals surface area (Å²) >= 11 is 12.5. The monoisotopic (exact) mass is 541 g/mol. The lowest BCUT2D eigenvalue weighted by atomic mass is 10.1. The van der Waals surface area contributed by atoms with Gasteiger partial charge in [-0.2, -0.15) is 5.11 Å². The largest absolute Gasteiger partial charge is 1.00 e. The molecule has 0 aliphatic heterocycles. The van der Waals surface area contributed by atoms with Crippen molar-refractivity contribution in [1.82, 2.24) is 9.62 Å². The fourth-order valence-corrected chi connectivity index (χ4v) is 4.63. The number of rotatable bonds is 10. The van der Waals surface area contributed by atoms with Crippen LogP contribution in [-0.2, 0) is 23.0 Å². The Kier molecular flexibility index (Phi) is 10.9. The summed E-state index contributed by atoms with van der Waals surface area (Å²) in [5, 5.41) is 12.0. The number of hydrogen-bond acceptors (Lipinski definition) is 5. The summed E-state index contributed by atoms with van der Waals surface area (Å²) in [6.45, 7) is 2.70. The number of aromatic nitrogens is 1. The fourth-order valence-electron chi connectivity index (χ4n) is 2.98. The number of pyridine rings is 1. The zero-order valence-electron chi connectivity index (χ0n) is 18.8. The minimum atomic E-state index is -3.65. The molecule has 0 saturated carbocycles. The summed E-state index contributed by atoms with van der Waals surface area (Å²) < 4.78 is 27.8. The quantitative estimate of drug-likeness (QED) is 0.241. The molecule has 3 rings (SSSR count). The Balaban J connectivity index is 0.00000408. The summed E-state index contributed by atoms with van der Waals surface area (Å²) in [5.41, 5.74) is 2.05. The van der Waals surface area contributed by atoms with E-state index in [1.54, 1.807) is 0 Å². The van der Waals surface area contributed by atoms with Gasteiger partial charge in [-0.3, -0.25) is 0 Å². The molecule has 3 aromatic rings. The van der Waals surface area contributed by atoms with Gasteiger partial charge in [-0.25, -0.2) is 17.3 Å². The zero-order chi connectivity index (χ0) is 23.8. The molecule has 2 aromatic carbocycles. The van der Waals surface area contributed by atoms with E-state index in [-0.39, 0.29) is 33.0 Å². The van der Waals surface area contributed by atoms with Crippen LogP contribution in [0.25, 0.3) is 0 Å². The van der Waals surface area contributed by atoms with Crippen molar-refractivity contribution < 1.29 is 25.4 Å². The lowest BCUT2D eigenvalue weighted by Gasteiger charge is -2.12. The standard InChI is InChI=1S/C23H26Cl2N5O2S.ClH/c1-29(2)33(31,32)20-16-21(24)23(22(25)17-20)28-27-19-8-6-18(7-9-19)10-11-26-12-15-30-13-4-3-5-14-30;/h3-9,13-14,16-17,26H,10-12,15H2,1-2H3;1H/q+1;/p-1. The predicted octanol–water partition coefficient (Wildman–Crippen LogP) is 1.78. The number of nitrogens with zero attached hydrogens (tertiary/aromatic N) is 4. The van der Waals surface area contributed by atoms with Gasteiger partial charge < -0.3 is 17.7 Å². The van der Waals surface area contributed by atoms with Crippen LogP contribution in [0.2, 0.25) is 10.0 Å². The second-order valence-electron chi connectivity index (χ2n) is 7.50. The van der Waals surface area contributed by atoms with Crippen molar-refractivity contribution in [3.8, 4) is 0 Å². The Morgan fingerprint density at radius 2 is 1.56 bits per heavy atom. The number of nitrogens with one attached hydrogen (secondary N) is 1. The molecule has 182 valence electrons. The highest BCUT2D eigenvalue weighted by atomic mass is 35.5. The first-order chi connectivity index (χ1) is 15.8. The minimum absolute atomic E-state index is 0. The van der Waals surface area contributed by atoms with Crippen molar-refractivity contribution in [1.29, 1.82) is 0 Å². The number of halogens is 3. The molecule has 1 heterocycles. The van der Waals surface area contributed by atoms with Gasteiger partial charge in [-0.1, -0.05) is 41.4 Å². The van der Waals surface area contributed by atoms with Crippen molar-refractivity contribution in [2.45, 2.75) is 17.9 Å². The molecule has 1 aromatic heterocycles. The number of hydrogen-bond donors (Lipinski definition) is 1. The second kappa shape index (κ2) is 13.1. The molecule has 0 aliphatic rings. The van der Waals surface area contributed by atoms with Crippen molar-refractivity contribution in [3.63, 3.8) is 0 Å². The highest BCUT2D eigenvalue weighted by Gasteiger charge is 2.20. The van der Waals surface area contributed by atoms with Gasteiger partial charge in [0.2, 0.25) is 10.0 Å². The highest BCUT2D eigenvalue weighted by molar-refractivity contribution is 7.89. The van der Waals surface area contributed by atoms with E-state index in [2.05, 4.69) is 32.5 Å².